The Morgan fingerprint density at radius 1 is 0.926 bits per heavy atom. The van der Waals surface area contributed by atoms with Gasteiger partial charge in [-0.3, -0.25) is 4.79 Å². The van der Waals surface area contributed by atoms with Crippen LogP contribution in [-0.2, 0) is 4.74 Å². The second-order valence-electron chi connectivity index (χ2n) is 5.76. The number of hydrogen-bond acceptors (Lipinski definition) is 6. The van der Waals surface area contributed by atoms with Crippen molar-refractivity contribution in [3.8, 4) is 23.0 Å². The lowest BCUT2D eigenvalue weighted by molar-refractivity contribution is -0.0382. The Balaban J connectivity index is 2.29. The Bertz CT molecular complexity index is 780. The molecule has 2 atom stereocenters. The third-order valence-corrected chi connectivity index (χ3v) is 5.33. The first kappa shape index (κ1) is 21.0. The normalized spacial score (nSPS) is 12.1. The van der Waals surface area contributed by atoms with Gasteiger partial charge in [0.25, 0.3) is 0 Å². The van der Waals surface area contributed by atoms with Gasteiger partial charge in [-0.15, -0.1) is 0 Å². The van der Waals surface area contributed by atoms with Crippen LogP contribution in [0.15, 0.2) is 30.3 Å². The van der Waals surface area contributed by atoms with Crippen molar-refractivity contribution in [1.82, 2.24) is 0 Å². The maximum Gasteiger partial charge on any atom is 0.196 e. The largest absolute Gasteiger partial charge is 0.496 e. The molecule has 146 valence electrons. The van der Waals surface area contributed by atoms with Gasteiger partial charge in [0.05, 0.1) is 21.3 Å². The van der Waals surface area contributed by atoms with E-state index in [1.54, 1.807) is 26.4 Å². The lowest BCUT2D eigenvalue weighted by Gasteiger charge is -2.16. The van der Waals surface area contributed by atoms with E-state index in [2.05, 4.69) is 0 Å². The Kier molecular flexibility index (Phi) is 7.45. The van der Waals surface area contributed by atoms with Crippen LogP contribution in [-0.4, -0.2) is 40.3 Å². The van der Waals surface area contributed by atoms with E-state index in [9.17, 15) is 4.79 Å². The number of carbonyl (C=O) groups excluding carboxylic acids is 1. The number of hydrogen-bond donors (Lipinski definition) is 0. The average molecular weight is 392 g/mol. The topological polar surface area (TPSA) is 63.2 Å². The van der Waals surface area contributed by atoms with Gasteiger partial charge in [0.1, 0.15) is 28.6 Å². The van der Waals surface area contributed by atoms with Crippen LogP contribution in [0.25, 0.3) is 0 Å². The lowest BCUT2D eigenvalue weighted by Crippen LogP contribution is -2.14. The molecule has 0 saturated heterocycles. The molecule has 0 N–H and O–H groups in total. The average Bonchev–Trinajstić information content (AvgIpc) is 2.68. The van der Waals surface area contributed by atoms with Crippen LogP contribution in [0.3, 0.4) is 0 Å². The lowest BCUT2D eigenvalue weighted by atomic mass is 10.2. The Labute approximate surface area is 161 Å². The second kappa shape index (κ2) is 9.58. The molecule has 0 amide bonds. The highest BCUT2D eigenvalue weighted by atomic mass is 31.1. The highest BCUT2D eigenvalue weighted by Gasteiger charge is 2.21. The molecule has 0 aliphatic rings. The van der Waals surface area contributed by atoms with Crippen molar-refractivity contribution in [1.29, 1.82) is 0 Å². The molecule has 0 bridgehead atoms. The van der Waals surface area contributed by atoms with E-state index in [0.29, 0.717) is 28.6 Å². The van der Waals surface area contributed by atoms with Crippen LogP contribution in [0, 0.1) is 6.92 Å². The molecule has 2 unspecified atom stereocenters. The molecular formula is C20H25O6P. The fraction of sp³-hybridized carbons (Fsp3) is 0.350. The van der Waals surface area contributed by atoms with Crippen molar-refractivity contribution in [3.05, 3.63) is 41.5 Å². The number of aryl methyl sites for hydroxylation is 1. The summed E-state index contributed by atoms with van der Waals surface area (Å²) in [7, 11) is 6.08. The van der Waals surface area contributed by atoms with Crippen LogP contribution in [0.5, 0.6) is 23.0 Å². The fourth-order valence-corrected chi connectivity index (χ4v) is 3.56. The van der Waals surface area contributed by atoms with Crippen LogP contribution < -0.4 is 24.3 Å². The van der Waals surface area contributed by atoms with E-state index in [4.69, 9.17) is 23.7 Å². The smallest absolute Gasteiger partial charge is 0.196 e. The van der Waals surface area contributed by atoms with E-state index >= 15 is 0 Å². The minimum absolute atomic E-state index is 0.0756. The number of carbonyl (C=O) groups is 1. The summed E-state index contributed by atoms with van der Waals surface area (Å²) in [6.45, 7) is 3.76. The highest BCUT2D eigenvalue weighted by molar-refractivity contribution is 7.66. The molecule has 2 aromatic carbocycles. The van der Waals surface area contributed by atoms with Gasteiger partial charge in [-0.25, -0.2) is 0 Å². The Hall–Kier alpha value is -2.30. The zero-order valence-corrected chi connectivity index (χ0v) is 17.4. The van der Waals surface area contributed by atoms with Crippen LogP contribution in [0.1, 0.15) is 22.8 Å². The first-order chi connectivity index (χ1) is 12.9. The predicted molar refractivity (Wildman–Crippen MR) is 107 cm³/mol. The highest BCUT2D eigenvalue weighted by Crippen LogP contribution is 2.38. The standard InChI is InChI=1S/C20H25O6P/c1-12-9-14(26-13(2)22-3)7-8-18(12)27-20(21)19-16(24-5)10-15(23-4)11-17(19)25-6/h7-11,13,27H,1-6H3. The first-order valence-electron chi connectivity index (χ1n) is 8.35. The number of ether oxygens (including phenoxy) is 5. The van der Waals surface area contributed by atoms with Crippen molar-refractivity contribution in [2.45, 2.75) is 20.1 Å². The number of rotatable bonds is 9. The van der Waals surface area contributed by atoms with Gasteiger partial charge in [0.2, 0.25) is 0 Å². The van der Waals surface area contributed by atoms with Gasteiger partial charge < -0.3 is 23.7 Å². The molecule has 0 aliphatic carbocycles. The van der Waals surface area contributed by atoms with Crippen molar-refractivity contribution >= 4 is 19.4 Å². The molecule has 0 heterocycles. The molecule has 0 aromatic heterocycles. The van der Waals surface area contributed by atoms with Gasteiger partial charge in [-0.2, -0.15) is 0 Å². The maximum atomic E-state index is 13.0. The summed E-state index contributed by atoms with van der Waals surface area (Å²) >= 11 is 0. The second-order valence-corrected chi connectivity index (χ2v) is 7.00. The van der Waals surface area contributed by atoms with Crippen molar-refractivity contribution in [2.75, 3.05) is 28.4 Å². The van der Waals surface area contributed by atoms with Crippen LogP contribution >= 0.6 is 8.58 Å². The molecule has 0 saturated carbocycles. The van der Waals surface area contributed by atoms with E-state index in [0.717, 1.165) is 10.9 Å². The number of benzene rings is 2. The van der Waals surface area contributed by atoms with Gasteiger partial charge in [-0.05, 0) is 45.4 Å². The van der Waals surface area contributed by atoms with Gasteiger partial charge in [0.15, 0.2) is 11.8 Å². The van der Waals surface area contributed by atoms with Crippen LogP contribution in [0.4, 0.5) is 0 Å². The Morgan fingerprint density at radius 3 is 2.04 bits per heavy atom. The van der Waals surface area contributed by atoms with Gasteiger partial charge >= 0.3 is 0 Å². The summed E-state index contributed by atoms with van der Waals surface area (Å²) in [6, 6.07) is 8.98. The van der Waals surface area contributed by atoms with Crippen LogP contribution in [0.2, 0.25) is 0 Å². The van der Waals surface area contributed by atoms with Crippen molar-refractivity contribution in [2.24, 2.45) is 0 Å². The van der Waals surface area contributed by atoms with E-state index < -0.39 is 0 Å². The van der Waals surface area contributed by atoms with E-state index in [1.807, 2.05) is 32.0 Å². The summed E-state index contributed by atoms with van der Waals surface area (Å²) in [5, 5.41) is 0.928. The molecular weight excluding hydrogens is 367 g/mol. The third-order valence-electron chi connectivity index (χ3n) is 4.02. The molecule has 0 fully saturated rings. The molecule has 6 nitrogen and oxygen atoms in total. The minimum atomic E-state index is -0.341. The quantitative estimate of drug-likeness (QED) is 0.481. The van der Waals surface area contributed by atoms with E-state index in [-0.39, 0.29) is 20.4 Å². The monoisotopic (exact) mass is 392 g/mol. The van der Waals surface area contributed by atoms with Gasteiger partial charge in [-0.1, -0.05) is 6.07 Å². The Morgan fingerprint density at radius 2 is 1.56 bits per heavy atom. The summed E-state index contributed by atoms with van der Waals surface area (Å²) in [4.78, 5) is 13.0. The molecule has 0 spiro atoms. The molecule has 7 heteroatoms. The van der Waals surface area contributed by atoms with Gasteiger partial charge in [0, 0.05) is 19.2 Å². The molecule has 27 heavy (non-hydrogen) atoms. The minimum Gasteiger partial charge on any atom is -0.496 e. The molecule has 0 radical (unpaired) electrons. The summed E-state index contributed by atoms with van der Waals surface area (Å²) in [5.41, 5.74) is 1.30. The van der Waals surface area contributed by atoms with Crippen molar-refractivity contribution < 1.29 is 28.5 Å². The summed E-state index contributed by atoms with van der Waals surface area (Å²) < 4.78 is 26.7. The molecule has 2 aromatic rings. The number of methoxy groups -OCH3 is 4. The summed E-state index contributed by atoms with van der Waals surface area (Å²) in [6.07, 6.45) is -0.341. The maximum absolute atomic E-state index is 13.0. The fourth-order valence-electron chi connectivity index (χ4n) is 2.50. The summed E-state index contributed by atoms with van der Waals surface area (Å²) in [5.74, 6) is 2.11. The first-order valence-corrected chi connectivity index (χ1v) is 9.35. The SMILES string of the molecule is COc1cc(OC)c(C(=O)Pc2ccc(OC(C)OC)cc2C)c(OC)c1. The zero-order valence-electron chi connectivity index (χ0n) is 16.4. The van der Waals surface area contributed by atoms with E-state index in [1.165, 1.54) is 14.2 Å². The predicted octanol–water partition coefficient (Wildman–Crippen LogP) is 3.54. The van der Waals surface area contributed by atoms with Crippen molar-refractivity contribution in [3.63, 3.8) is 0 Å². The zero-order chi connectivity index (χ0) is 20.0. The molecule has 2 rings (SSSR count). The molecule has 0 aliphatic heterocycles. The third kappa shape index (κ3) is 5.12.